The third kappa shape index (κ3) is 4.62. The van der Waals surface area contributed by atoms with Crippen molar-refractivity contribution in [3.63, 3.8) is 0 Å². The zero-order chi connectivity index (χ0) is 25.5. The number of para-hydroxylation sites is 1. The van der Waals surface area contributed by atoms with E-state index in [9.17, 15) is 9.59 Å². The molecule has 2 heterocycles. The van der Waals surface area contributed by atoms with Gasteiger partial charge >= 0.3 is 0 Å². The van der Waals surface area contributed by atoms with Gasteiger partial charge in [-0.15, -0.1) is 0 Å². The molecule has 2 aromatic carbocycles. The van der Waals surface area contributed by atoms with Gasteiger partial charge in [0.25, 0.3) is 11.8 Å². The summed E-state index contributed by atoms with van der Waals surface area (Å²) in [5.74, 6) is -0.644. The molecule has 0 bridgehead atoms. The van der Waals surface area contributed by atoms with Crippen molar-refractivity contribution in [3.8, 4) is 0 Å². The van der Waals surface area contributed by atoms with Gasteiger partial charge in [0, 0.05) is 22.8 Å². The minimum Gasteiger partial charge on any atom is -0.366 e. The lowest BCUT2D eigenvalue weighted by atomic mass is 9.79. The van der Waals surface area contributed by atoms with Gasteiger partial charge in [-0.2, -0.15) is 0 Å². The van der Waals surface area contributed by atoms with Gasteiger partial charge in [-0.25, -0.2) is 0 Å². The van der Waals surface area contributed by atoms with Gasteiger partial charge in [0.1, 0.15) is 5.57 Å². The smallest absolute Gasteiger partial charge is 0.270 e. The van der Waals surface area contributed by atoms with E-state index in [1.807, 2.05) is 43.3 Å². The lowest BCUT2D eigenvalue weighted by Crippen LogP contribution is -2.54. The number of carbonyl (C=O) groups excluding carboxylic acids is 2. The van der Waals surface area contributed by atoms with Crippen LogP contribution < -0.4 is 15.1 Å². The normalized spacial score (nSPS) is 20.8. The molecular weight excluding hydrogens is 478 g/mol. The standard InChI is InChI=1S/C28H32ClN3O2S/c1-6-12-31-24-15-22(29)19(13-20(24)17(3)16-28(31,4)5)14-21-25(33)30-27(35)32(26(21)34)23-11-9-8-10-18(23)7-2/h8-11,13-15,17H,6-7,12,16H2,1-5H3,(H,30,33,35)/b21-14-. The van der Waals surface area contributed by atoms with E-state index in [1.165, 1.54) is 10.5 Å². The second kappa shape index (κ2) is 9.75. The monoisotopic (exact) mass is 509 g/mol. The van der Waals surface area contributed by atoms with Crippen LogP contribution in [-0.2, 0) is 16.0 Å². The molecule has 0 aliphatic carbocycles. The molecule has 35 heavy (non-hydrogen) atoms. The number of benzene rings is 2. The largest absolute Gasteiger partial charge is 0.366 e. The molecule has 7 heteroatoms. The number of halogens is 1. The Labute approximate surface area is 218 Å². The molecule has 5 nitrogen and oxygen atoms in total. The molecular formula is C28H32ClN3O2S. The lowest BCUT2D eigenvalue weighted by molar-refractivity contribution is -0.122. The highest BCUT2D eigenvalue weighted by Crippen LogP contribution is 2.45. The predicted octanol–water partition coefficient (Wildman–Crippen LogP) is 6.24. The molecule has 1 N–H and O–H groups in total. The molecule has 0 saturated carbocycles. The first-order chi connectivity index (χ1) is 16.6. The van der Waals surface area contributed by atoms with Crippen LogP contribution in [0.5, 0.6) is 0 Å². The molecule has 1 unspecified atom stereocenters. The number of hydrogen-bond donors (Lipinski definition) is 1. The van der Waals surface area contributed by atoms with Crippen LogP contribution >= 0.6 is 23.8 Å². The maximum atomic E-state index is 13.6. The SMILES string of the molecule is CCCN1c2cc(Cl)c(/C=C3/C(=O)NC(=S)N(c4ccccc4CC)C3=O)cc2C(C)CC1(C)C. The molecule has 1 fully saturated rings. The number of aryl methyl sites for hydroxylation is 1. The molecule has 1 saturated heterocycles. The van der Waals surface area contributed by atoms with E-state index in [1.54, 1.807) is 6.08 Å². The van der Waals surface area contributed by atoms with Crippen LogP contribution in [0.2, 0.25) is 5.02 Å². The first-order valence-electron chi connectivity index (χ1n) is 12.2. The van der Waals surface area contributed by atoms with Gasteiger partial charge in [0.15, 0.2) is 5.11 Å². The van der Waals surface area contributed by atoms with Crippen LogP contribution in [0.25, 0.3) is 6.08 Å². The van der Waals surface area contributed by atoms with E-state index in [4.69, 9.17) is 23.8 Å². The Morgan fingerprint density at radius 2 is 1.89 bits per heavy atom. The van der Waals surface area contributed by atoms with Crippen molar-refractivity contribution in [1.82, 2.24) is 5.32 Å². The van der Waals surface area contributed by atoms with Crippen LogP contribution in [0.3, 0.4) is 0 Å². The van der Waals surface area contributed by atoms with E-state index in [2.05, 4.69) is 37.9 Å². The molecule has 2 aliphatic rings. The van der Waals surface area contributed by atoms with Crippen LogP contribution in [0.4, 0.5) is 11.4 Å². The summed E-state index contributed by atoms with van der Waals surface area (Å²) in [6.45, 7) is 11.9. The molecule has 1 atom stereocenters. The zero-order valence-corrected chi connectivity index (χ0v) is 22.5. The maximum absolute atomic E-state index is 13.6. The van der Waals surface area contributed by atoms with Crippen molar-refractivity contribution in [2.75, 3.05) is 16.3 Å². The molecule has 0 aromatic heterocycles. The minimum atomic E-state index is -0.513. The van der Waals surface area contributed by atoms with E-state index in [-0.39, 0.29) is 16.2 Å². The van der Waals surface area contributed by atoms with Crippen LogP contribution in [-0.4, -0.2) is 29.0 Å². The van der Waals surface area contributed by atoms with Gasteiger partial charge in [-0.3, -0.25) is 19.8 Å². The summed E-state index contributed by atoms with van der Waals surface area (Å²) >= 11 is 12.1. The fourth-order valence-corrected chi connectivity index (χ4v) is 5.82. The number of rotatable bonds is 5. The fraction of sp³-hybridized carbons (Fsp3) is 0.393. The Morgan fingerprint density at radius 1 is 1.17 bits per heavy atom. The highest BCUT2D eigenvalue weighted by molar-refractivity contribution is 7.80. The summed E-state index contributed by atoms with van der Waals surface area (Å²) in [6.07, 6.45) is 4.37. The molecule has 4 rings (SSSR count). The van der Waals surface area contributed by atoms with Crippen LogP contribution in [0, 0.1) is 0 Å². The van der Waals surface area contributed by atoms with Crippen molar-refractivity contribution in [1.29, 1.82) is 0 Å². The highest BCUT2D eigenvalue weighted by Gasteiger charge is 2.38. The van der Waals surface area contributed by atoms with Gasteiger partial charge in [0.05, 0.1) is 5.69 Å². The minimum absolute atomic E-state index is 0.0144. The number of anilines is 2. The summed E-state index contributed by atoms with van der Waals surface area (Å²) in [5.41, 5.74) is 4.65. The molecule has 2 aliphatic heterocycles. The van der Waals surface area contributed by atoms with Crippen molar-refractivity contribution in [2.24, 2.45) is 0 Å². The quantitative estimate of drug-likeness (QED) is 0.294. The average molecular weight is 510 g/mol. The first kappa shape index (κ1) is 25.4. The van der Waals surface area contributed by atoms with Crippen molar-refractivity contribution < 1.29 is 9.59 Å². The third-order valence-electron chi connectivity index (χ3n) is 6.97. The second-order valence-corrected chi connectivity index (χ2v) is 10.7. The Balaban J connectivity index is 1.79. The molecule has 0 radical (unpaired) electrons. The first-order valence-corrected chi connectivity index (χ1v) is 13.0. The number of amides is 2. The number of fused-ring (bicyclic) bond motifs is 1. The molecule has 2 amide bonds. The van der Waals surface area contributed by atoms with Crippen molar-refractivity contribution >= 4 is 58.2 Å². The number of thiocarbonyl (C=S) groups is 1. The van der Waals surface area contributed by atoms with E-state index in [0.717, 1.165) is 37.1 Å². The van der Waals surface area contributed by atoms with E-state index >= 15 is 0 Å². The topological polar surface area (TPSA) is 52.7 Å². The number of carbonyl (C=O) groups is 2. The molecule has 2 aromatic rings. The fourth-order valence-electron chi connectivity index (χ4n) is 5.34. The average Bonchev–Trinajstić information content (AvgIpc) is 2.79. The van der Waals surface area contributed by atoms with Crippen LogP contribution in [0.15, 0.2) is 42.0 Å². The Bertz CT molecular complexity index is 1240. The molecule has 184 valence electrons. The van der Waals surface area contributed by atoms with Crippen molar-refractivity contribution in [2.45, 2.75) is 65.3 Å². The molecule has 0 spiro atoms. The number of nitrogens with one attached hydrogen (secondary N) is 1. The number of hydrogen-bond acceptors (Lipinski definition) is 4. The van der Waals surface area contributed by atoms with Crippen LogP contribution in [0.1, 0.15) is 70.1 Å². The Morgan fingerprint density at radius 3 is 2.57 bits per heavy atom. The Hall–Kier alpha value is -2.70. The van der Waals surface area contributed by atoms with Gasteiger partial charge in [-0.1, -0.05) is 50.6 Å². The summed E-state index contributed by atoms with van der Waals surface area (Å²) in [5, 5.41) is 3.28. The van der Waals surface area contributed by atoms with Gasteiger partial charge in [0.2, 0.25) is 0 Å². The highest BCUT2D eigenvalue weighted by atomic mass is 35.5. The van der Waals surface area contributed by atoms with Crippen molar-refractivity contribution in [3.05, 3.63) is 63.7 Å². The summed E-state index contributed by atoms with van der Waals surface area (Å²) in [7, 11) is 0. The summed E-state index contributed by atoms with van der Waals surface area (Å²) in [4.78, 5) is 30.3. The zero-order valence-electron chi connectivity index (χ0n) is 20.9. The van der Waals surface area contributed by atoms with E-state index in [0.29, 0.717) is 22.2 Å². The third-order valence-corrected chi connectivity index (χ3v) is 7.58. The predicted molar refractivity (Wildman–Crippen MR) is 148 cm³/mol. The van der Waals surface area contributed by atoms with E-state index < -0.39 is 11.8 Å². The summed E-state index contributed by atoms with van der Waals surface area (Å²) < 4.78 is 0. The lowest BCUT2D eigenvalue weighted by Gasteiger charge is -2.47. The second-order valence-electron chi connectivity index (χ2n) is 9.94. The maximum Gasteiger partial charge on any atom is 0.270 e. The van der Waals surface area contributed by atoms with Gasteiger partial charge in [-0.05, 0) is 92.2 Å². The number of nitrogens with zero attached hydrogens (tertiary/aromatic N) is 2. The van der Waals surface area contributed by atoms with Gasteiger partial charge < -0.3 is 4.90 Å². The Kier molecular flexibility index (Phi) is 7.07. The summed E-state index contributed by atoms with van der Waals surface area (Å²) in [6, 6.07) is 11.6.